The van der Waals surface area contributed by atoms with E-state index in [1.165, 1.54) is 12.8 Å². The van der Waals surface area contributed by atoms with Crippen molar-refractivity contribution in [1.82, 2.24) is 20.1 Å². The van der Waals surface area contributed by atoms with Crippen LogP contribution in [0.25, 0.3) is 0 Å². The number of pyridine rings is 1. The molecule has 1 aliphatic carbocycles. The van der Waals surface area contributed by atoms with Gasteiger partial charge in [-0.15, -0.1) is 0 Å². The molecule has 170 valence electrons. The number of piperazine rings is 1. The average Bonchev–Trinajstić information content (AvgIpc) is 3.38. The molecule has 1 aliphatic heterocycles. The summed E-state index contributed by atoms with van der Waals surface area (Å²) in [6.07, 6.45) is 6.29. The molecule has 1 aromatic carbocycles. The summed E-state index contributed by atoms with van der Waals surface area (Å²) in [5.74, 6) is 1.15. The number of amides is 2. The van der Waals surface area contributed by atoms with Crippen LogP contribution in [0, 0.1) is 5.92 Å². The number of carbonyl (C=O) groups excluding carboxylic acids is 2. The number of benzene rings is 1. The van der Waals surface area contributed by atoms with Gasteiger partial charge in [0.05, 0.1) is 25.4 Å². The first-order valence-corrected chi connectivity index (χ1v) is 11.5. The standard InChI is InChI=1S/C25H32N4O3/c1-32-22-11-6-9-20(17-22)25(31)29-15-13-28(14-16-29)23(19-7-2-3-8-19)24(30)27-18-21-10-4-5-12-26-21/h4-6,9-12,17,19,23H,2-3,7-8,13-16,18H2,1H3,(H,27,30). The molecule has 1 saturated carbocycles. The number of hydrogen-bond acceptors (Lipinski definition) is 5. The molecule has 2 aliphatic rings. The highest BCUT2D eigenvalue weighted by Crippen LogP contribution is 2.31. The van der Waals surface area contributed by atoms with Gasteiger partial charge >= 0.3 is 0 Å². The topological polar surface area (TPSA) is 74.8 Å². The first kappa shape index (κ1) is 22.3. The number of ether oxygens (including phenoxy) is 1. The fourth-order valence-electron chi connectivity index (χ4n) is 4.88. The molecule has 2 amide bonds. The van der Waals surface area contributed by atoms with Crippen LogP contribution in [0.3, 0.4) is 0 Å². The zero-order chi connectivity index (χ0) is 22.3. The molecule has 2 aromatic rings. The van der Waals surface area contributed by atoms with Crippen molar-refractivity contribution in [3.8, 4) is 5.75 Å². The molecule has 1 aromatic heterocycles. The van der Waals surface area contributed by atoms with E-state index in [4.69, 9.17) is 4.74 Å². The lowest BCUT2D eigenvalue weighted by molar-refractivity contribution is -0.129. The molecule has 7 heteroatoms. The van der Waals surface area contributed by atoms with E-state index in [0.717, 1.165) is 18.5 Å². The van der Waals surface area contributed by atoms with Crippen LogP contribution in [0.2, 0.25) is 0 Å². The molecule has 1 N–H and O–H groups in total. The van der Waals surface area contributed by atoms with Gasteiger partial charge in [0.15, 0.2) is 0 Å². The van der Waals surface area contributed by atoms with Gasteiger partial charge in [-0.2, -0.15) is 0 Å². The monoisotopic (exact) mass is 436 g/mol. The molecule has 0 spiro atoms. The van der Waals surface area contributed by atoms with E-state index >= 15 is 0 Å². The Balaban J connectivity index is 1.38. The highest BCUT2D eigenvalue weighted by atomic mass is 16.5. The van der Waals surface area contributed by atoms with Crippen LogP contribution in [-0.2, 0) is 11.3 Å². The molecule has 0 bridgehead atoms. The lowest BCUT2D eigenvalue weighted by Crippen LogP contribution is -2.57. The lowest BCUT2D eigenvalue weighted by atomic mass is 9.95. The van der Waals surface area contributed by atoms with Gasteiger partial charge in [-0.3, -0.25) is 19.5 Å². The Morgan fingerprint density at radius 2 is 1.88 bits per heavy atom. The first-order chi connectivity index (χ1) is 15.7. The fourth-order valence-corrected chi connectivity index (χ4v) is 4.88. The summed E-state index contributed by atoms with van der Waals surface area (Å²) in [6, 6.07) is 12.9. The van der Waals surface area contributed by atoms with E-state index in [9.17, 15) is 9.59 Å². The summed E-state index contributed by atoms with van der Waals surface area (Å²) in [7, 11) is 1.60. The largest absolute Gasteiger partial charge is 0.497 e. The Hall–Kier alpha value is -2.93. The number of nitrogens with one attached hydrogen (secondary N) is 1. The third-order valence-electron chi connectivity index (χ3n) is 6.60. The van der Waals surface area contributed by atoms with Crippen LogP contribution in [-0.4, -0.2) is 65.9 Å². The maximum atomic E-state index is 13.2. The number of hydrogen-bond donors (Lipinski definition) is 1. The van der Waals surface area contributed by atoms with Crippen LogP contribution < -0.4 is 10.1 Å². The van der Waals surface area contributed by atoms with Crippen LogP contribution >= 0.6 is 0 Å². The Bertz CT molecular complexity index is 906. The summed E-state index contributed by atoms with van der Waals surface area (Å²) in [4.78, 5) is 34.7. The molecule has 1 unspecified atom stereocenters. The van der Waals surface area contributed by atoms with Gasteiger partial charge in [0, 0.05) is 37.9 Å². The maximum Gasteiger partial charge on any atom is 0.254 e. The van der Waals surface area contributed by atoms with Gasteiger partial charge in [0.25, 0.3) is 5.91 Å². The average molecular weight is 437 g/mol. The minimum Gasteiger partial charge on any atom is -0.497 e. The molecule has 2 fully saturated rings. The van der Waals surface area contributed by atoms with Crippen molar-refractivity contribution in [2.75, 3.05) is 33.3 Å². The van der Waals surface area contributed by atoms with Gasteiger partial charge in [-0.1, -0.05) is 25.0 Å². The van der Waals surface area contributed by atoms with Crippen molar-refractivity contribution >= 4 is 11.8 Å². The van der Waals surface area contributed by atoms with E-state index in [2.05, 4.69) is 15.2 Å². The molecule has 4 rings (SSSR count). The smallest absolute Gasteiger partial charge is 0.254 e. The second-order valence-electron chi connectivity index (χ2n) is 8.59. The molecular formula is C25H32N4O3. The molecule has 7 nitrogen and oxygen atoms in total. The first-order valence-electron chi connectivity index (χ1n) is 11.5. The predicted molar refractivity (Wildman–Crippen MR) is 122 cm³/mol. The van der Waals surface area contributed by atoms with Crippen molar-refractivity contribution in [2.24, 2.45) is 5.92 Å². The van der Waals surface area contributed by atoms with E-state index in [1.807, 2.05) is 41.3 Å². The van der Waals surface area contributed by atoms with Gasteiger partial charge in [0.1, 0.15) is 5.75 Å². The highest BCUT2D eigenvalue weighted by Gasteiger charge is 2.37. The summed E-state index contributed by atoms with van der Waals surface area (Å²) in [5, 5.41) is 3.11. The summed E-state index contributed by atoms with van der Waals surface area (Å²) in [5.41, 5.74) is 1.50. The molecule has 0 radical (unpaired) electrons. The fraction of sp³-hybridized carbons (Fsp3) is 0.480. The van der Waals surface area contributed by atoms with Crippen molar-refractivity contribution in [2.45, 2.75) is 38.3 Å². The quantitative estimate of drug-likeness (QED) is 0.722. The zero-order valence-electron chi connectivity index (χ0n) is 18.7. The third-order valence-corrected chi connectivity index (χ3v) is 6.60. The normalized spacial score (nSPS) is 18.3. The van der Waals surface area contributed by atoms with Crippen LogP contribution in [0.5, 0.6) is 5.75 Å². The number of nitrogens with zero attached hydrogens (tertiary/aromatic N) is 3. The number of rotatable bonds is 7. The van der Waals surface area contributed by atoms with Gasteiger partial charge in [-0.05, 0) is 49.1 Å². The molecule has 1 saturated heterocycles. The molecule has 2 heterocycles. The van der Waals surface area contributed by atoms with Crippen LogP contribution in [0.1, 0.15) is 41.7 Å². The maximum absolute atomic E-state index is 13.2. The van der Waals surface area contributed by atoms with Gasteiger partial charge in [-0.25, -0.2) is 0 Å². The van der Waals surface area contributed by atoms with Crippen LogP contribution in [0.15, 0.2) is 48.7 Å². The second-order valence-corrected chi connectivity index (χ2v) is 8.59. The number of carbonyl (C=O) groups is 2. The third kappa shape index (κ3) is 5.27. The van der Waals surface area contributed by atoms with E-state index in [1.54, 1.807) is 19.4 Å². The Morgan fingerprint density at radius 3 is 2.56 bits per heavy atom. The van der Waals surface area contributed by atoms with Crippen molar-refractivity contribution in [3.63, 3.8) is 0 Å². The number of aromatic nitrogens is 1. The Morgan fingerprint density at radius 1 is 1.09 bits per heavy atom. The van der Waals surface area contributed by atoms with Crippen molar-refractivity contribution < 1.29 is 14.3 Å². The molecular weight excluding hydrogens is 404 g/mol. The zero-order valence-corrected chi connectivity index (χ0v) is 18.7. The van der Waals surface area contributed by atoms with E-state index in [0.29, 0.717) is 50.0 Å². The minimum absolute atomic E-state index is 0.0144. The van der Waals surface area contributed by atoms with Gasteiger partial charge < -0.3 is 15.0 Å². The van der Waals surface area contributed by atoms with E-state index in [-0.39, 0.29) is 17.9 Å². The summed E-state index contributed by atoms with van der Waals surface area (Å²) < 4.78 is 5.25. The molecule has 32 heavy (non-hydrogen) atoms. The van der Waals surface area contributed by atoms with Crippen molar-refractivity contribution in [3.05, 3.63) is 59.9 Å². The summed E-state index contributed by atoms with van der Waals surface area (Å²) in [6.45, 7) is 3.08. The number of methoxy groups -OCH3 is 1. The van der Waals surface area contributed by atoms with E-state index < -0.39 is 0 Å². The lowest BCUT2D eigenvalue weighted by Gasteiger charge is -2.40. The predicted octanol–water partition coefficient (Wildman–Crippen LogP) is 2.72. The SMILES string of the molecule is COc1cccc(C(=O)N2CCN(C(C(=O)NCc3ccccn3)C3CCCC3)CC2)c1. The van der Waals surface area contributed by atoms with Gasteiger partial charge in [0.2, 0.25) is 5.91 Å². The minimum atomic E-state index is -0.143. The second kappa shape index (κ2) is 10.6. The highest BCUT2D eigenvalue weighted by molar-refractivity contribution is 5.94. The summed E-state index contributed by atoms with van der Waals surface area (Å²) >= 11 is 0. The van der Waals surface area contributed by atoms with Crippen molar-refractivity contribution in [1.29, 1.82) is 0 Å². The molecule has 1 atom stereocenters. The Labute approximate surface area is 189 Å². The Kier molecular flexibility index (Phi) is 7.37. The van der Waals surface area contributed by atoms with Crippen LogP contribution in [0.4, 0.5) is 0 Å².